The number of carbonyl (C=O) groups excluding carboxylic acids is 2. The minimum atomic E-state index is -0.104. The fourth-order valence-electron chi connectivity index (χ4n) is 3.66. The first kappa shape index (κ1) is 16.7. The molecule has 24 heavy (non-hydrogen) atoms. The lowest BCUT2D eigenvalue weighted by molar-refractivity contribution is -0.136. The predicted octanol–water partition coefficient (Wildman–Crippen LogP) is 2.87. The molecule has 1 unspecified atom stereocenters. The molecule has 130 valence electrons. The summed E-state index contributed by atoms with van der Waals surface area (Å²) >= 11 is 0. The molecule has 1 aromatic heterocycles. The van der Waals surface area contributed by atoms with Crippen molar-refractivity contribution in [3.63, 3.8) is 0 Å². The van der Waals surface area contributed by atoms with Crippen molar-refractivity contribution in [1.29, 1.82) is 0 Å². The number of anilines is 1. The molecule has 0 spiro atoms. The molecule has 0 radical (unpaired) electrons. The molecule has 6 heteroatoms. The summed E-state index contributed by atoms with van der Waals surface area (Å²) in [7, 11) is 0. The third-order valence-electron chi connectivity index (χ3n) is 5.11. The lowest BCUT2D eigenvalue weighted by Crippen LogP contribution is -2.49. The zero-order chi connectivity index (χ0) is 16.9. The first-order valence-corrected chi connectivity index (χ1v) is 8.91. The summed E-state index contributed by atoms with van der Waals surface area (Å²) in [5.41, 5.74) is 0. The first-order valence-electron chi connectivity index (χ1n) is 8.91. The van der Waals surface area contributed by atoms with Crippen molar-refractivity contribution in [2.24, 2.45) is 0 Å². The number of likely N-dealkylation sites (tertiary alicyclic amines) is 1. The molecule has 3 rings (SSSR count). The summed E-state index contributed by atoms with van der Waals surface area (Å²) < 4.78 is 0. The monoisotopic (exact) mass is 330 g/mol. The highest BCUT2D eigenvalue weighted by atomic mass is 16.2. The molecule has 1 aromatic rings. The van der Waals surface area contributed by atoms with E-state index in [0.29, 0.717) is 18.4 Å². The molecule has 1 saturated heterocycles. The lowest BCUT2D eigenvalue weighted by atomic mass is 9.89. The molecular weight excluding hydrogens is 304 g/mol. The molecule has 6 nitrogen and oxygen atoms in total. The summed E-state index contributed by atoms with van der Waals surface area (Å²) in [6, 6.07) is 6.04. The van der Waals surface area contributed by atoms with Gasteiger partial charge in [0, 0.05) is 38.3 Å². The van der Waals surface area contributed by atoms with Gasteiger partial charge in [-0.1, -0.05) is 6.07 Å². The van der Waals surface area contributed by atoms with E-state index in [1.54, 1.807) is 19.2 Å². The molecule has 1 aliphatic carbocycles. The molecule has 2 heterocycles. The van der Waals surface area contributed by atoms with Crippen LogP contribution in [-0.4, -0.2) is 51.9 Å². The van der Waals surface area contributed by atoms with Gasteiger partial charge in [0.25, 0.3) is 0 Å². The van der Waals surface area contributed by atoms with Crippen molar-refractivity contribution in [2.75, 3.05) is 18.4 Å². The molecule has 0 aromatic carbocycles. The van der Waals surface area contributed by atoms with Gasteiger partial charge in [0.2, 0.25) is 5.91 Å². The van der Waals surface area contributed by atoms with E-state index < -0.39 is 0 Å². The van der Waals surface area contributed by atoms with Crippen LogP contribution < -0.4 is 5.32 Å². The van der Waals surface area contributed by atoms with Gasteiger partial charge in [0.05, 0.1) is 0 Å². The van der Waals surface area contributed by atoms with E-state index in [4.69, 9.17) is 0 Å². The summed E-state index contributed by atoms with van der Waals surface area (Å²) in [6.45, 7) is 3.08. The highest BCUT2D eigenvalue weighted by molar-refractivity contribution is 5.88. The Morgan fingerprint density at radius 1 is 1.12 bits per heavy atom. The summed E-state index contributed by atoms with van der Waals surface area (Å²) in [5.74, 6) is 0.749. The van der Waals surface area contributed by atoms with E-state index in [9.17, 15) is 9.59 Å². The largest absolute Gasteiger partial charge is 0.337 e. The van der Waals surface area contributed by atoms with Crippen molar-refractivity contribution in [1.82, 2.24) is 14.8 Å². The van der Waals surface area contributed by atoms with Crippen molar-refractivity contribution in [3.8, 4) is 0 Å². The Labute approximate surface area is 143 Å². The average Bonchev–Trinajstić information content (AvgIpc) is 2.77. The fraction of sp³-hybridized carbons (Fsp3) is 0.611. The molecule has 1 N–H and O–H groups in total. The topological polar surface area (TPSA) is 65.5 Å². The van der Waals surface area contributed by atoms with Gasteiger partial charge in [-0.2, -0.15) is 0 Å². The normalized spacial score (nSPS) is 21.5. The number of pyridine rings is 1. The van der Waals surface area contributed by atoms with Crippen LogP contribution in [0.25, 0.3) is 0 Å². The fourth-order valence-corrected chi connectivity index (χ4v) is 3.66. The van der Waals surface area contributed by atoms with Crippen LogP contribution in [0.15, 0.2) is 24.4 Å². The Balaban J connectivity index is 1.58. The van der Waals surface area contributed by atoms with E-state index in [1.807, 2.05) is 17.0 Å². The van der Waals surface area contributed by atoms with Crippen LogP contribution in [0.4, 0.5) is 10.6 Å². The Morgan fingerprint density at radius 3 is 2.50 bits per heavy atom. The molecule has 3 amide bonds. The summed E-state index contributed by atoms with van der Waals surface area (Å²) in [6.07, 6.45) is 7.89. The number of urea groups is 1. The second kappa shape index (κ2) is 7.64. The Morgan fingerprint density at radius 2 is 1.88 bits per heavy atom. The van der Waals surface area contributed by atoms with Gasteiger partial charge in [-0.25, -0.2) is 9.78 Å². The van der Waals surface area contributed by atoms with Crippen molar-refractivity contribution in [3.05, 3.63) is 24.4 Å². The number of aromatic nitrogens is 1. The molecule has 1 saturated carbocycles. The molecule has 0 bridgehead atoms. The minimum absolute atomic E-state index is 0.104. The van der Waals surface area contributed by atoms with Crippen LogP contribution in [0.3, 0.4) is 0 Å². The molecule has 1 aliphatic heterocycles. The number of amides is 3. The Hall–Kier alpha value is -2.11. The predicted molar refractivity (Wildman–Crippen MR) is 92.6 cm³/mol. The van der Waals surface area contributed by atoms with E-state index in [0.717, 1.165) is 38.6 Å². The van der Waals surface area contributed by atoms with Crippen LogP contribution in [0.1, 0.15) is 45.4 Å². The maximum absolute atomic E-state index is 12.4. The molecular formula is C18H26N4O2. The first-order chi connectivity index (χ1) is 11.6. The lowest BCUT2D eigenvalue weighted by Gasteiger charge is -2.42. The van der Waals surface area contributed by atoms with Gasteiger partial charge >= 0.3 is 6.03 Å². The van der Waals surface area contributed by atoms with Gasteiger partial charge in [0.15, 0.2) is 0 Å². The van der Waals surface area contributed by atoms with Gasteiger partial charge in [-0.05, 0) is 50.7 Å². The van der Waals surface area contributed by atoms with Crippen LogP contribution in [-0.2, 0) is 4.79 Å². The Bertz CT molecular complexity index is 574. The summed E-state index contributed by atoms with van der Waals surface area (Å²) in [5, 5.41) is 2.85. The van der Waals surface area contributed by atoms with Crippen molar-refractivity contribution >= 4 is 17.8 Å². The second-order valence-corrected chi connectivity index (χ2v) is 6.73. The third-order valence-corrected chi connectivity index (χ3v) is 5.11. The van der Waals surface area contributed by atoms with E-state index in [1.165, 1.54) is 6.42 Å². The number of nitrogens with zero attached hydrogens (tertiary/aromatic N) is 3. The minimum Gasteiger partial charge on any atom is -0.337 e. The average molecular weight is 330 g/mol. The van der Waals surface area contributed by atoms with Crippen LogP contribution in [0, 0.1) is 0 Å². The molecule has 2 fully saturated rings. The van der Waals surface area contributed by atoms with Crippen LogP contribution in [0.2, 0.25) is 0 Å². The number of carbonyl (C=O) groups is 2. The zero-order valence-corrected chi connectivity index (χ0v) is 14.3. The van der Waals surface area contributed by atoms with Crippen LogP contribution >= 0.6 is 0 Å². The van der Waals surface area contributed by atoms with Gasteiger partial charge < -0.3 is 9.80 Å². The molecule has 1 atom stereocenters. The van der Waals surface area contributed by atoms with Gasteiger partial charge in [-0.3, -0.25) is 10.1 Å². The van der Waals surface area contributed by atoms with E-state index in [2.05, 4.69) is 15.2 Å². The third kappa shape index (κ3) is 3.86. The van der Waals surface area contributed by atoms with E-state index in [-0.39, 0.29) is 18.0 Å². The quantitative estimate of drug-likeness (QED) is 0.927. The van der Waals surface area contributed by atoms with Crippen molar-refractivity contribution < 1.29 is 9.59 Å². The standard InChI is InChI=1S/C18H26N4O2/c1-14(23)22(15-6-4-7-15)16-8-5-12-21(13-10-16)18(24)20-17-9-2-3-11-19-17/h2-3,9,11,15-16H,4-8,10,12-13H2,1H3,(H,19,20,24). The SMILES string of the molecule is CC(=O)N(C1CCC1)C1CCCN(C(=O)Nc2ccccn2)CC1. The second-order valence-electron chi connectivity index (χ2n) is 6.73. The zero-order valence-electron chi connectivity index (χ0n) is 14.3. The number of hydrogen-bond acceptors (Lipinski definition) is 3. The highest BCUT2D eigenvalue weighted by Crippen LogP contribution is 2.30. The molecule has 2 aliphatic rings. The number of rotatable bonds is 3. The maximum Gasteiger partial charge on any atom is 0.323 e. The summed E-state index contributed by atoms with van der Waals surface area (Å²) in [4.78, 5) is 32.6. The van der Waals surface area contributed by atoms with Crippen LogP contribution in [0.5, 0.6) is 0 Å². The Kier molecular flexibility index (Phi) is 5.33. The number of nitrogens with one attached hydrogen (secondary N) is 1. The maximum atomic E-state index is 12.4. The van der Waals surface area contributed by atoms with E-state index >= 15 is 0 Å². The smallest absolute Gasteiger partial charge is 0.323 e. The van der Waals surface area contributed by atoms with Gasteiger partial charge in [0.1, 0.15) is 5.82 Å². The highest BCUT2D eigenvalue weighted by Gasteiger charge is 2.33. The number of hydrogen-bond donors (Lipinski definition) is 1. The van der Waals surface area contributed by atoms with Gasteiger partial charge in [-0.15, -0.1) is 0 Å². The van der Waals surface area contributed by atoms with Crippen molar-refractivity contribution in [2.45, 2.75) is 57.5 Å².